The zero-order chi connectivity index (χ0) is 21.1. The van der Waals surface area contributed by atoms with Crippen LogP contribution in [0.1, 0.15) is 25.0 Å². The van der Waals surface area contributed by atoms with Crippen LogP contribution in [-0.4, -0.2) is 32.0 Å². The highest BCUT2D eigenvalue weighted by Crippen LogP contribution is 2.52. The largest absolute Gasteiger partial charge is 0.433 e. The average molecular weight is 412 g/mol. The molecule has 2 fully saturated rings. The summed E-state index contributed by atoms with van der Waals surface area (Å²) < 4.78 is 40.7. The number of rotatable bonds is 3. The Hall–Kier alpha value is -3.48. The van der Waals surface area contributed by atoms with Crippen molar-refractivity contribution >= 4 is 17.2 Å². The quantitative estimate of drug-likeness (QED) is 0.658. The molecule has 0 unspecified atom stereocenters. The molecule has 7 nitrogen and oxygen atoms in total. The van der Waals surface area contributed by atoms with Crippen LogP contribution >= 0.6 is 0 Å². The molecule has 152 valence electrons. The second-order valence-electron chi connectivity index (χ2n) is 7.60. The first-order valence-electron chi connectivity index (χ1n) is 9.45. The van der Waals surface area contributed by atoms with Gasteiger partial charge in [-0.25, -0.2) is 9.50 Å². The van der Waals surface area contributed by atoms with Crippen LogP contribution in [0.4, 0.5) is 19.0 Å². The first kappa shape index (κ1) is 18.5. The van der Waals surface area contributed by atoms with Crippen LogP contribution in [0.25, 0.3) is 16.8 Å². The van der Waals surface area contributed by atoms with Gasteiger partial charge in [0, 0.05) is 18.3 Å². The van der Waals surface area contributed by atoms with Crippen LogP contribution in [0.15, 0.2) is 36.8 Å². The lowest BCUT2D eigenvalue weighted by Gasteiger charge is -2.21. The maximum Gasteiger partial charge on any atom is 0.433 e. The van der Waals surface area contributed by atoms with Gasteiger partial charge in [-0.15, -0.1) is 0 Å². The van der Waals surface area contributed by atoms with Crippen molar-refractivity contribution in [2.75, 3.05) is 11.4 Å². The van der Waals surface area contributed by atoms with Gasteiger partial charge in [0.1, 0.15) is 16.6 Å². The second-order valence-corrected chi connectivity index (χ2v) is 7.60. The van der Waals surface area contributed by atoms with Crippen molar-refractivity contribution < 1.29 is 18.0 Å². The maximum absolute atomic E-state index is 13.2. The Morgan fingerprint density at radius 3 is 2.73 bits per heavy atom. The summed E-state index contributed by atoms with van der Waals surface area (Å²) in [6.45, 7) is 0.324. The molecule has 0 bridgehead atoms. The van der Waals surface area contributed by atoms with Crippen LogP contribution in [0, 0.1) is 22.7 Å². The molecule has 30 heavy (non-hydrogen) atoms. The fraction of sp³-hybridized carbons (Fsp3) is 0.350. The van der Waals surface area contributed by atoms with Crippen LogP contribution in [0.2, 0.25) is 0 Å². The molecule has 1 aliphatic carbocycles. The number of hydrogen-bond acceptors (Lipinski definition) is 5. The van der Waals surface area contributed by atoms with Crippen LogP contribution in [0.5, 0.6) is 0 Å². The minimum Gasteiger partial charge on any atom is -0.294 e. The Morgan fingerprint density at radius 1 is 1.23 bits per heavy atom. The predicted molar refractivity (Wildman–Crippen MR) is 99.0 cm³/mol. The predicted octanol–water partition coefficient (Wildman–Crippen LogP) is 3.47. The summed E-state index contributed by atoms with van der Waals surface area (Å²) in [5.74, 6) is 0.0442. The number of carbonyl (C=O) groups excluding carboxylic acids is 1. The Morgan fingerprint density at radius 2 is 2.03 bits per heavy atom. The molecule has 0 aromatic carbocycles. The number of nitrogens with zero attached hydrogens (tertiary/aromatic N) is 6. The first-order chi connectivity index (χ1) is 14.3. The molecule has 5 rings (SSSR count). The third kappa shape index (κ3) is 2.73. The molecule has 3 aromatic heterocycles. The average Bonchev–Trinajstić information content (AvgIpc) is 3.38. The van der Waals surface area contributed by atoms with Gasteiger partial charge in [-0.3, -0.25) is 14.7 Å². The van der Waals surface area contributed by atoms with E-state index in [0.29, 0.717) is 18.5 Å². The molecule has 0 N–H and O–H groups in total. The Kier molecular flexibility index (Phi) is 3.87. The van der Waals surface area contributed by atoms with Gasteiger partial charge in [0.2, 0.25) is 5.91 Å². The van der Waals surface area contributed by atoms with E-state index in [2.05, 4.69) is 21.1 Å². The molecule has 0 radical (unpaired) electrons. The molecule has 2 aliphatic rings. The van der Waals surface area contributed by atoms with Gasteiger partial charge < -0.3 is 0 Å². The number of amides is 1. The monoisotopic (exact) mass is 412 g/mol. The van der Waals surface area contributed by atoms with Crippen molar-refractivity contribution in [2.24, 2.45) is 11.3 Å². The van der Waals surface area contributed by atoms with Gasteiger partial charge in [-0.05, 0) is 43.4 Å². The summed E-state index contributed by atoms with van der Waals surface area (Å²) in [4.78, 5) is 22.6. The second kappa shape index (κ2) is 6.26. The van der Waals surface area contributed by atoms with Gasteiger partial charge in [0.25, 0.3) is 0 Å². The molecule has 1 atom stereocenters. The topological polar surface area (TPSA) is 87.2 Å². The lowest BCUT2D eigenvalue weighted by molar-refractivity contribution is -0.141. The van der Waals surface area contributed by atoms with Crippen molar-refractivity contribution in [3.05, 3.63) is 42.5 Å². The third-order valence-electron chi connectivity index (χ3n) is 5.80. The summed E-state index contributed by atoms with van der Waals surface area (Å²) in [6, 6.07) is 6.24. The molecule has 10 heteroatoms. The van der Waals surface area contributed by atoms with E-state index < -0.39 is 17.3 Å². The Labute approximate surface area is 168 Å². The number of fused-ring (bicyclic) bond motifs is 1. The summed E-state index contributed by atoms with van der Waals surface area (Å²) >= 11 is 0. The first-order valence-corrected chi connectivity index (χ1v) is 9.45. The fourth-order valence-corrected chi connectivity index (χ4v) is 4.08. The standard InChI is InChI=1S/C20H15F3N6O/c21-20(22,23)16-9-12(3-6-25-16)14-10-29-15(4-7-26-29)17(27-14)28-8-5-19(11-24,18(28)30)13-1-2-13/h3-4,6-7,9-10,13H,1-2,5,8H2/t19-/m1/s1. The smallest absolute Gasteiger partial charge is 0.294 e. The number of pyridine rings is 1. The lowest BCUT2D eigenvalue weighted by atomic mass is 9.83. The summed E-state index contributed by atoms with van der Waals surface area (Å²) in [5.41, 5.74) is -1.10. The van der Waals surface area contributed by atoms with Gasteiger partial charge >= 0.3 is 6.18 Å². The number of nitriles is 1. The Bertz CT molecular complexity index is 1210. The molecule has 3 aromatic rings. The highest BCUT2D eigenvalue weighted by Gasteiger charge is 2.57. The summed E-state index contributed by atoms with van der Waals surface area (Å²) in [6.07, 6.45) is 1.62. The number of halogens is 3. The van der Waals surface area contributed by atoms with E-state index in [9.17, 15) is 23.2 Å². The molecule has 4 heterocycles. The molecule has 0 spiro atoms. The van der Waals surface area contributed by atoms with Gasteiger partial charge in [0.15, 0.2) is 5.82 Å². The molecule has 1 saturated heterocycles. The van der Waals surface area contributed by atoms with Crippen LogP contribution in [-0.2, 0) is 11.0 Å². The molecule has 1 amide bonds. The number of aromatic nitrogens is 4. The van der Waals surface area contributed by atoms with Crippen molar-refractivity contribution in [3.63, 3.8) is 0 Å². The Balaban J connectivity index is 1.62. The van der Waals surface area contributed by atoms with Gasteiger partial charge in [-0.1, -0.05) is 0 Å². The van der Waals surface area contributed by atoms with Crippen LogP contribution < -0.4 is 4.90 Å². The highest BCUT2D eigenvalue weighted by molar-refractivity contribution is 6.04. The number of anilines is 1. The number of carbonyl (C=O) groups is 1. The van der Waals surface area contributed by atoms with E-state index in [1.54, 1.807) is 6.07 Å². The van der Waals surface area contributed by atoms with Gasteiger partial charge in [0.05, 0.1) is 24.2 Å². The minimum absolute atomic E-state index is 0.0543. The SMILES string of the molecule is N#C[C@@]1(C2CC2)CCN(c2nc(-c3ccnc(C(F)(F)F)c3)cn3nccc23)C1=O. The van der Waals surface area contributed by atoms with E-state index >= 15 is 0 Å². The molecule has 1 saturated carbocycles. The third-order valence-corrected chi connectivity index (χ3v) is 5.80. The number of alkyl halides is 3. The maximum atomic E-state index is 13.2. The molecular formula is C20H15F3N6O. The normalized spacial score (nSPS) is 21.9. The van der Waals surface area contributed by atoms with Crippen molar-refractivity contribution in [1.82, 2.24) is 19.6 Å². The van der Waals surface area contributed by atoms with E-state index in [0.717, 1.165) is 25.1 Å². The molecular weight excluding hydrogens is 397 g/mol. The van der Waals surface area contributed by atoms with Crippen molar-refractivity contribution in [3.8, 4) is 17.3 Å². The van der Waals surface area contributed by atoms with E-state index in [4.69, 9.17) is 0 Å². The van der Waals surface area contributed by atoms with E-state index in [1.807, 2.05) is 0 Å². The highest BCUT2D eigenvalue weighted by atomic mass is 19.4. The lowest BCUT2D eigenvalue weighted by Crippen LogP contribution is -2.36. The van der Waals surface area contributed by atoms with Crippen molar-refractivity contribution in [2.45, 2.75) is 25.4 Å². The van der Waals surface area contributed by atoms with Gasteiger partial charge in [-0.2, -0.15) is 23.5 Å². The summed E-state index contributed by atoms with van der Waals surface area (Å²) in [5, 5.41) is 13.9. The van der Waals surface area contributed by atoms with Crippen molar-refractivity contribution in [1.29, 1.82) is 5.26 Å². The van der Waals surface area contributed by atoms with E-state index in [-0.39, 0.29) is 28.9 Å². The zero-order valence-corrected chi connectivity index (χ0v) is 15.6. The zero-order valence-electron chi connectivity index (χ0n) is 15.6. The fourth-order valence-electron chi connectivity index (χ4n) is 4.08. The number of hydrogen-bond donors (Lipinski definition) is 0. The minimum atomic E-state index is -4.59. The summed E-state index contributed by atoms with van der Waals surface area (Å²) in [7, 11) is 0. The van der Waals surface area contributed by atoms with E-state index in [1.165, 1.54) is 27.9 Å². The van der Waals surface area contributed by atoms with Crippen LogP contribution in [0.3, 0.4) is 0 Å². The molecule has 1 aliphatic heterocycles.